The van der Waals surface area contributed by atoms with Crippen LogP contribution in [0.4, 0.5) is 0 Å². The molecule has 1 N–H and O–H groups in total. The molecule has 0 saturated carbocycles. The molecule has 0 atom stereocenters. The third-order valence-electron chi connectivity index (χ3n) is 2.29. The second-order valence-corrected chi connectivity index (χ2v) is 3.53. The van der Waals surface area contributed by atoms with Crippen molar-refractivity contribution < 1.29 is 9.90 Å². The summed E-state index contributed by atoms with van der Waals surface area (Å²) in [6.07, 6.45) is 1.52. The first-order chi connectivity index (χ1) is 9.16. The first kappa shape index (κ1) is 17.6. The summed E-state index contributed by atoms with van der Waals surface area (Å²) in [4.78, 5) is 22.2. The van der Waals surface area contributed by atoms with Crippen LogP contribution in [0.1, 0.15) is 37.2 Å². The van der Waals surface area contributed by atoms with Crippen molar-refractivity contribution in [3.63, 3.8) is 0 Å². The molecule has 20 heavy (non-hydrogen) atoms. The zero-order valence-corrected chi connectivity index (χ0v) is 10.9. The molecule has 0 spiro atoms. The van der Waals surface area contributed by atoms with Gasteiger partial charge in [-0.1, -0.05) is 33.4 Å². The minimum absolute atomic E-state index is 0. The number of rotatable bonds is 3. The molecule has 5 nitrogen and oxygen atoms in total. The third-order valence-corrected chi connectivity index (χ3v) is 2.29. The van der Waals surface area contributed by atoms with Gasteiger partial charge in [0.1, 0.15) is 0 Å². The highest BCUT2D eigenvalue weighted by atomic mass is 16.4. The Kier molecular flexibility index (Phi) is 7.58. The van der Waals surface area contributed by atoms with Crippen LogP contribution in [0.25, 0.3) is 0 Å². The van der Waals surface area contributed by atoms with Gasteiger partial charge in [-0.05, 0) is 23.8 Å². The average Bonchev–Trinajstić information content (AvgIpc) is 2.44. The first-order valence-corrected chi connectivity index (χ1v) is 6.01. The first-order valence-electron chi connectivity index (χ1n) is 6.01. The van der Waals surface area contributed by atoms with Crippen LogP contribution in [0, 0.1) is 0 Å². The fourth-order valence-electron chi connectivity index (χ4n) is 1.48. The number of nitrogens with zero attached hydrogens (tertiary/aromatic N) is 2. The lowest BCUT2D eigenvalue weighted by molar-refractivity contribution is 0.0696. The number of carboxylic acids is 1. The lowest BCUT2D eigenvalue weighted by Crippen LogP contribution is -2.21. The van der Waals surface area contributed by atoms with E-state index in [0.29, 0.717) is 0 Å². The predicted octanol–water partition coefficient (Wildman–Crippen LogP) is 2.65. The van der Waals surface area contributed by atoms with Crippen molar-refractivity contribution >= 4 is 5.97 Å². The Morgan fingerprint density at radius 2 is 1.95 bits per heavy atom. The van der Waals surface area contributed by atoms with Crippen molar-refractivity contribution in [2.24, 2.45) is 0 Å². The summed E-state index contributed by atoms with van der Waals surface area (Å²) in [7, 11) is 0. The van der Waals surface area contributed by atoms with Crippen molar-refractivity contribution in [3.8, 4) is 0 Å². The molecule has 0 unspecified atom stereocenters. The van der Waals surface area contributed by atoms with E-state index in [9.17, 15) is 9.59 Å². The van der Waals surface area contributed by atoms with E-state index in [1.807, 2.05) is 13.8 Å². The van der Waals surface area contributed by atoms with Crippen LogP contribution in [0.3, 0.4) is 0 Å². The lowest BCUT2D eigenvalue weighted by Gasteiger charge is -2.04. The molecular weight excluding hydrogens is 256 g/mol. The number of hydrogen-bond donors (Lipinski definition) is 1. The molecule has 0 fully saturated rings. The Hall–Kier alpha value is -2.43. The zero-order chi connectivity index (χ0) is 14.3. The third kappa shape index (κ3) is 4.68. The quantitative estimate of drug-likeness (QED) is 0.935. The fraction of sp³-hybridized carbons (Fsp3) is 0.267. The summed E-state index contributed by atoms with van der Waals surface area (Å²) in [6.45, 7) is 4.26. The van der Waals surface area contributed by atoms with Gasteiger partial charge in [-0.2, -0.15) is 5.10 Å². The van der Waals surface area contributed by atoms with Gasteiger partial charge in [-0.25, -0.2) is 9.48 Å². The molecule has 0 aliphatic carbocycles. The van der Waals surface area contributed by atoms with Crippen LogP contribution in [0.2, 0.25) is 0 Å². The van der Waals surface area contributed by atoms with Gasteiger partial charge < -0.3 is 5.11 Å². The molecule has 0 aliphatic rings. The highest BCUT2D eigenvalue weighted by Gasteiger charge is 2.04. The number of aromatic nitrogens is 2. The molecule has 0 saturated heterocycles. The van der Waals surface area contributed by atoms with E-state index < -0.39 is 5.97 Å². The minimum atomic E-state index is -0.986. The van der Waals surface area contributed by atoms with Crippen molar-refractivity contribution in [1.29, 1.82) is 0 Å². The Morgan fingerprint density at radius 1 is 1.25 bits per heavy atom. The van der Waals surface area contributed by atoms with Crippen molar-refractivity contribution in [1.82, 2.24) is 9.78 Å². The second kappa shape index (κ2) is 8.63. The van der Waals surface area contributed by atoms with E-state index in [1.54, 1.807) is 18.2 Å². The summed E-state index contributed by atoms with van der Waals surface area (Å²) in [5.41, 5.74) is 0.713. The summed E-state index contributed by atoms with van der Waals surface area (Å²) in [5.74, 6) is -0.986. The van der Waals surface area contributed by atoms with Crippen molar-refractivity contribution in [3.05, 3.63) is 64.1 Å². The van der Waals surface area contributed by atoms with E-state index >= 15 is 0 Å². The summed E-state index contributed by atoms with van der Waals surface area (Å²) < 4.78 is 1.28. The van der Waals surface area contributed by atoms with Crippen molar-refractivity contribution in [2.45, 2.75) is 27.8 Å². The molecule has 2 rings (SSSR count). The highest BCUT2D eigenvalue weighted by Crippen LogP contribution is 2.05. The van der Waals surface area contributed by atoms with E-state index in [-0.39, 0.29) is 25.1 Å². The van der Waals surface area contributed by atoms with E-state index in [0.717, 1.165) is 5.56 Å². The largest absolute Gasteiger partial charge is 0.478 e. The van der Waals surface area contributed by atoms with Gasteiger partial charge in [-0.3, -0.25) is 4.79 Å². The van der Waals surface area contributed by atoms with Gasteiger partial charge in [0.2, 0.25) is 0 Å². The summed E-state index contributed by atoms with van der Waals surface area (Å²) >= 11 is 0. The average molecular weight is 276 g/mol. The SMILES string of the molecule is C.CC.O=C(O)c1cccc(Cn2ncccc2=O)c1. The zero-order valence-electron chi connectivity index (χ0n) is 10.9. The van der Waals surface area contributed by atoms with Crippen molar-refractivity contribution in [2.75, 3.05) is 0 Å². The predicted molar refractivity (Wildman–Crippen MR) is 79.1 cm³/mol. The van der Waals surface area contributed by atoms with Gasteiger partial charge in [-0.15, -0.1) is 0 Å². The Morgan fingerprint density at radius 3 is 2.55 bits per heavy atom. The fourth-order valence-corrected chi connectivity index (χ4v) is 1.48. The molecule has 108 valence electrons. The Balaban J connectivity index is 0.00000115. The van der Waals surface area contributed by atoms with Crippen LogP contribution < -0.4 is 5.56 Å². The van der Waals surface area contributed by atoms with E-state index in [4.69, 9.17) is 5.11 Å². The second-order valence-electron chi connectivity index (χ2n) is 3.53. The van der Waals surface area contributed by atoms with Crippen LogP contribution in [-0.2, 0) is 6.54 Å². The summed E-state index contributed by atoms with van der Waals surface area (Å²) in [6, 6.07) is 9.41. The molecule has 0 aliphatic heterocycles. The molecule has 5 heteroatoms. The highest BCUT2D eigenvalue weighted by molar-refractivity contribution is 5.87. The maximum Gasteiger partial charge on any atom is 0.335 e. The molecule has 0 amide bonds. The molecule has 1 aromatic heterocycles. The molecule has 2 aromatic rings. The lowest BCUT2D eigenvalue weighted by atomic mass is 10.1. The Bertz CT molecular complexity index is 606. The number of carboxylic acid groups (broad SMARTS) is 1. The van der Waals surface area contributed by atoms with E-state index in [1.165, 1.54) is 29.1 Å². The van der Waals surface area contributed by atoms with Crippen LogP contribution in [0.5, 0.6) is 0 Å². The summed E-state index contributed by atoms with van der Waals surface area (Å²) in [5, 5.41) is 12.8. The number of aromatic carboxylic acids is 1. The number of benzene rings is 1. The molecular formula is C15H20N2O3. The standard InChI is InChI=1S/C12H10N2O3.C2H6.CH4/c15-11-5-2-6-13-14(11)8-9-3-1-4-10(7-9)12(16)17;1-2;/h1-7H,8H2,(H,16,17);1-2H3;1H4. The van der Waals surface area contributed by atoms with Crippen LogP contribution >= 0.6 is 0 Å². The maximum atomic E-state index is 11.4. The number of carbonyl (C=O) groups is 1. The van der Waals surface area contributed by atoms with Gasteiger partial charge >= 0.3 is 5.97 Å². The molecule has 1 aromatic carbocycles. The smallest absolute Gasteiger partial charge is 0.335 e. The Labute approximate surface area is 118 Å². The number of hydrogen-bond acceptors (Lipinski definition) is 3. The molecule has 0 bridgehead atoms. The van der Waals surface area contributed by atoms with Gasteiger partial charge in [0.15, 0.2) is 0 Å². The van der Waals surface area contributed by atoms with Gasteiger partial charge in [0.05, 0.1) is 12.1 Å². The van der Waals surface area contributed by atoms with E-state index in [2.05, 4.69) is 5.10 Å². The monoisotopic (exact) mass is 276 g/mol. The topological polar surface area (TPSA) is 72.2 Å². The molecule has 0 radical (unpaired) electrons. The normalized spacial score (nSPS) is 8.90. The van der Waals surface area contributed by atoms with Gasteiger partial charge in [0, 0.05) is 12.3 Å². The van der Waals surface area contributed by atoms with Crippen LogP contribution in [-0.4, -0.2) is 20.9 Å². The van der Waals surface area contributed by atoms with Crippen LogP contribution in [0.15, 0.2) is 47.4 Å². The maximum absolute atomic E-state index is 11.4. The van der Waals surface area contributed by atoms with Gasteiger partial charge in [0.25, 0.3) is 5.56 Å². The minimum Gasteiger partial charge on any atom is -0.478 e. The molecule has 1 heterocycles.